The smallest absolute Gasteiger partial charge is 0.0640 e. The van der Waals surface area contributed by atoms with E-state index in [1.54, 1.807) is 0 Å². The van der Waals surface area contributed by atoms with Crippen LogP contribution in [0.15, 0.2) is 206 Å². The second-order valence-electron chi connectivity index (χ2n) is 14.9. The van der Waals surface area contributed by atoms with E-state index < -0.39 is 0 Å². The molecule has 2 aromatic heterocycles. The second kappa shape index (κ2) is 12.7. The van der Waals surface area contributed by atoms with E-state index in [2.05, 4.69) is 216 Å². The zero-order valence-corrected chi connectivity index (χ0v) is 31.7. The van der Waals surface area contributed by atoms with Gasteiger partial charge in [-0.15, -0.1) is 11.3 Å². The first-order chi connectivity index (χ1) is 28.3. The lowest BCUT2D eigenvalue weighted by molar-refractivity contribution is 1.18. The number of hydrogen-bond donors (Lipinski definition) is 0. The predicted octanol–water partition coefficient (Wildman–Crippen LogP) is 15.7. The lowest BCUT2D eigenvalue weighted by atomic mass is 10.00. The maximum Gasteiger partial charge on any atom is 0.0640 e. The summed E-state index contributed by atoms with van der Waals surface area (Å²) in [6.07, 6.45) is 0. The fraction of sp³-hybridized carbons (Fsp3) is 0. The Kier molecular flexibility index (Phi) is 7.13. The van der Waals surface area contributed by atoms with Crippen LogP contribution < -0.4 is 4.90 Å². The highest BCUT2D eigenvalue weighted by atomic mass is 32.1. The molecule has 2 heterocycles. The van der Waals surface area contributed by atoms with Crippen LogP contribution in [-0.2, 0) is 0 Å². The van der Waals surface area contributed by atoms with E-state index in [4.69, 9.17) is 0 Å². The van der Waals surface area contributed by atoms with Crippen LogP contribution in [-0.4, -0.2) is 4.57 Å². The number of rotatable bonds is 5. The lowest BCUT2D eigenvalue weighted by Crippen LogP contribution is -2.10. The van der Waals surface area contributed by atoms with Gasteiger partial charge < -0.3 is 9.47 Å². The first-order valence-corrected chi connectivity index (χ1v) is 20.3. The lowest BCUT2D eigenvalue weighted by Gasteiger charge is -2.28. The summed E-state index contributed by atoms with van der Waals surface area (Å²) in [5.41, 5.74) is 9.37. The summed E-state index contributed by atoms with van der Waals surface area (Å²) in [5, 5.41) is 12.7. The molecule has 0 amide bonds. The minimum atomic E-state index is 1.12. The van der Waals surface area contributed by atoms with Gasteiger partial charge in [0.1, 0.15) is 0 Å². The van der Waals surface area contributed by atoms with Crippen molar-refractivity contribution in [1.82, 2.24) is 4.57 Å². The van der Waals surface area contributed by atoms with Crippen LogP contribution in [0.5, 0.6) is 0 Å². The number of hydrogen-bond acceptors (Lipinski definition) is 2. The summed E-state index contributed by atoms with van der Waals surface area (Å²) >= 11 is 1.87. The zero-order chi connectivity index (χ0) is 37.5. The fourth-order valence-electron chi connectivity index (χ4n) is 9.19. The largest absolute Gasteiger partial charge is 0.309 e. The number of anilines is 3. The summed E-state index contributed by atoms with van der Waals surface area (Å²) < 4.78 is 5.04. The van der Waals surface area contributed by atoms with Crippen molar-refractivity contribution >= 4 is 103 Å². The zero-order valence-electron chi connectivity index (χ0n) is 30.9. The van der Waals surface area contributed by atoms with Crippen LogP contribution >= 0.6 is 11.3 Å². The standard InChI is InChI=1S/C54H34N2S/c1-4-21-42-35(13-1)16-11-26-47(42)55(50-27-12-25-46-45-24-7-8-28-51(45)57-54(46)50)40-19-9-17-38(33-40)39-18-10-20-41(34-39)56-48-31-29-36-14-2-5-22-43(36)52(48)53-44-23-6-3-15-37(44)30-32-49(53)56/h1-34H. The molecule has 0 fully saturated rings. The van der Waals surface area contributed by atoms with Crippen molar-refractivity contribution in [2.45, 2.75) is 0 Å². The van der Waals surface area contributed by atoms with Crippen molar-refractivity contribution in [2.24, 2.45) is 0 Å². The van der Waals surface area contributed by atoms with Crippen LogP contribution in [0, 0.1) is 0 Å². The van der Waals surface area contributed by atoms with Crippen molar-refractivity contribution in [3.63, 3.8) is 0 Å². The normalized spacial score (nSPS) is 11.9. The van der Waals surface area contributed by atoms with E-state index in [9.17, 15) is 0 Å². The fourth-order valence-corrected chi connectivity index (χ4v) is 10.4. The number of nitrogens with zero attached hydrogens (tertiary/aromatic N) is 2. The highest BCUT2D eigenvalue weighted by Crippen LogP contribution is 2.47. The Labute approximate surface area is 333 Å². The van der Waals surface area contributed by atoms with Gasteiger partial charge in [-0.1, -0.05) is 152 Å². The average molecular weight is 743 g/mol. The van der Waals surface area contributed by atoms with Crippen molar-refractivity contribution in [1.29, 1.82) is 0 Å². The number of aromatic nitrogens is 1. The van der Waals surface area contributed by atoms with Gasteiger partial charge in [-0.2, -0.15) is 0 Å². The van der Waals surface area contributed by atoms with Crippen LogP contribution in [0.25, 0.3) is 91.1 Å². The van der Waals surface area contributed by atoms with Crippen LogP contribution in [0.4, 0.5) is 17.1 Å². The first kappa shape index (κ1) is 32.1. The quantitative estimate of drug-likeness (QED) is 0.170. The van der Waals surface area contributed by atoms with Gasteiger partial charge in [-0.3, -0.25) is 0 Å². The molecule has 2 nitrogen and oxygen atoms in total. The molecule has 266 valence electrons. The third-order valence-electron chi connectivity index (χ3n) is 11.7. The van der Waals surface area contributed by atoms with Crippen LogP contribution in [0.2, 0.25) is 0 Å². The summed E-state index contributed by atoms with van der Waals surface area (Å²) in [5.74, 6) is 0. The maximum atomic E-state index is 2.47. The summed E-state index contributed by atoms with van der Waals surface area (Å²) in [6, 6.07) is 75.7. The molecule has 0 saturated carbocycles. The summed E-state index contributed by atoms with van der Waals surface area (Å²) in [6.45, 7) is 0. The Morgan fingerprint density at radius 2 is 0.895 bits per heavy atom. The van der Waals surface area contributed by atoms with Crippen molar-refractivity contribution in [3.05, 3.63) is 206 Å². The Balaban J connectivity index is 1.07. The van der Waals surface area contributed by atoms with Gasteiger partial charge in [0.2, 0.25) is 0 Å². The molecule has 0 aliphatic rings. The first-order valence-electron chi connectivity index (χ1n) is 19.5. The molecule has 0 saturated heterocycles. The molecular formula is C54H34N2S. The van der Waals surface area contributed by atoms with Gasteiger partial charge in [0.05, 0.1) is 27.1 Å². The van der Waals surface area contributed by atoms with Crippen molar-refractivity contribution in [2.75, 3.05) is 4.90 Å². The minimum Gasteiger partial charge on any atom is -0.309 e. The molecule has 0 aliphatic carbocycles. The molecule has 0 unspecified atom stereocenters. The van der Waals surface area contributed by atoms with Gasteiger partial charge in [-0.25, -0.2) is 0 Å². The van der Waals surface area contributed by atoms with E-state index in [-0.39, 0.29) is 0 Å². The second-order valence-corrected chi connectivity index (χ2v) is 15.9. The molecule has 10 aromatic carbocycles. The maximum absolute atomic E-state index is 2.47. The molecule has 0 radical (unpaired) electrons. The molecule has 57 heavy (non-hydrogen) atoms. The summed E-state index contributed by atoms with van der Waals surface area (Å²) in [7, 11) is 0. The van der Waals surface area contributed by atoms with E-state index in [1.165, 1.54) is 91.1 Å². The Morgan fingerprint density at radius 3 is 1.63 bits per heavy atom. The molecular weight excluding hydrogens is 709 g/mol. The molecule has 0 bridgehead atoms. The molecule has 3 heteroatoms. The number of fused-ring (bicyclic) bond motifs is 11. The molecule has 0 atom stereocenters. The van der Waals surface area contributed by atoms with Gasteiger partial charge in [-0.05, 0) is 92.7 Å². The summed E-state index contributed by atoms with van der Waals surface area (Å²) in [4.78, 5) is 2.47. The highest BCUT2D eigenvalue weighted by molar-refractivity contribution is 7.26. The Hall–Kier alpha value is -7.20. The molecule has 0 spiro atoms. The van der Waals surface area contributed by atoms with E-state index in [0.29, 0.717) is 0 Å². The van der Waals surface area contributed by atoms with Gasteiger partial charge in [0.25, 0.3) is 0 Å². The van der Waals surface area contributed by atoms with E-state index >= 15 is 0 Å². The Morgan fingerprint density at radius 1 is 0.368 bits per heavy atom. The number of thiophene rings is 1. The van der Waals surface area contributed by atoms with Crippen LogP contribution in [0.3, 0.4) is 0 Å². The number of benzene rings is 10. The third kappa shape index (κ3) is 4.96. The van der Waals surface area contributed by atoms with Gasteiger partial charge in [0, 0.05) is 43.0 Å². The molecule has 0 aliphatic heterocycles. The van der Waals surface area contributed by atoms with Gasteiger partial charge in [0.15, 0.2) is 0 Å². The SMILES string of the molecule is c1cc(-c2cccc(-n3c4ccc5ccccc5c4c4c5ccccc5ccc43)c2)cc(N(c2cccc3ccccc23)c2cccc3c2sc2ccccc23)c1. The highest BCUT2D eigenvalue weighted by Gasteiger charge is 2.21. The third-order valence-corrected chi connectivity index (χ3v) is 12.9. The molecule has 12 rings (SSSR count). The monoisotopic (exact) mass is 742 g/mol. The minimum absolute atomic E-state index is 1.12. The molecule has 12 aromatic rings. The topological polar surface area (TPSA) is 8.17 Å². The van der Waals surface area contributed by atoms with Crippen molar-refractivity contribution in [3.8, 4) is 16.8 Å². The van der Waals surface area contributed by atoms with Gasteiger partial charge >= 0.3 is 0 Å². The Bertz CT molecular complexity index is 3450. The van der Waals surface area contributed by atoms with E-state index in [1.807, 2.05) is 11.3 Å². The average Bonchev–Trinajstić information content (AvgIpc) is 3.84. The molecule has 0 N–H and O–H groups in total. The van der Waals surface area contributed by atoms with Crippen molar-refractivity contribution < 1.29 is 0 Å². The van der Waals surface area contributed by atoms with E-state index in [0.717, 1.165) is 17.1 Å². The van der Waals surface area contributed by atoms with Crippen LogP contribution in [0.1, 0.15) is 0 Å². The predicted molar refractivity (Wildman–Crippen MR) is 246 cm³/mol.